The highest BCUT2D eigenvalue weighted by molar-refractivity contribution is 6.14. The van der Waals surface area contributed by atoms with Crippen LogP contribution in [0.3, 0.4) is 0 Å². The van der Waals surface area contributed by atoms with Crippen molar-refractivity contribution in [2.45, 2.75) is 26.7 Å². The number of carbonyl (C=O) groups is 2. The van der Waals surface area contributed by atoms with Crippen molar-refractivity contribution in [1.82, 2.24) is 4.90 Å². The van der Waals surface area contributed by atoms with E-state index in [1.807, 2.05) is 26.0 Å². The van der Waals surface area contributed by atoms with Crippen molar-refractivity contribution in [2.75, 3.05) is 18.4 Å². The Morgan fingerprint density at radius 3 is 2.29 bits per heavy atom. The molecule has 28 heavy (non-hydrogen) atoms. The van der Waals surface area contributed by atoms with Crippen LogP contribution in [-0.2, 0) is 0 Å². The first-order valence-electron chi connectivity index (χ1n) is 9.42. The number of nitrogens with one attached hydrogen (secondary N) is 1. The molecule has 0 aliphatic heterocycles. The van der Waals surface area contributed by atoms with Crippen LogP contribution in [0.15, 0.2) is 52.9 Å². The average molecular weight is 382 g/mol. The van der Waals surface area contributed by atoms with Crippen LogP contribution < -0.4 is 5.32 Å². The molecule has 0 unspecified atom stereocenters. The van der Waals surface area contributed by atoms with Gasteiger partial charge in [-0.2, -0.15) is 0 Å². The van der Waals surface area contributed by atoms with Crippen LogP contribution in [0.1, 0.15) is 47.6 Å². The molecule has 0 atom stereocenters. The van der Waals surface area contributed by atoms with Gasteiger partial charge < -0.3 is 14.6 Å². The van der Waals surface area contributed by atoms with E-state index in [-0.39, 0.29) is 11.7 Å². The zero-order valence-electron chi connectivity index (χ0n) is 16.0. The van der Waals surface area contributed by atoms with E-state index in [1.54, 1.807) is 17.0 Å². The van der Waals surface area contributed by atoms with Crippen LogP contribution in [0, 0.1) is 5.82 Å². The molecule has 1 N–H and O–H groups in total. The number of carbonyl (C=O) groups excluding carboxylic acids is 2. The van der Waals surface area contributed by atoms with E-state index < -0.39 is 11.7 Å². The molecule has 146 valence electrons. The van der Waals surface area contributed by atoms with Gasteiger partial charge in [0.15, 0.2) is 0 Å². The van der Waals surface area contributed by atoms with E-state index >= 15 is 0 Å². The van der Waals surface area contributed by atoms with Crippen LogP contribution in [0.25, 0.3) is 11.0 Å². The largest absolute Gasteiger partial charge is 0.449 e. The lowest BCUT2D eigenvalue weighted by molar-refractivity contribution is 0.0727. The number of amides is 2. The maximum atomic E-state index is 13.1. The Hall–Kier alpha value is -3.15. The lowest BCUT2D eigenvalue weighted by atomic mass is 10.1. The second-order valence-electron chi connectivity index (χ2n) is 6.56. The summed E-state index contributed by atoms with van der Waals surface area (Å²) in [5.74, 6) is -0.998. The maximum Gasteiger partial charge on any atom is 0.291 e. The minimum Gasteiger partial charge on any atom is -0.449 e. The van der Waals surface area contributed by atoms with Gasteiger partial charge in [0.25, 0.3) is 11.8 Å². The minimum atomic E-state index is -0.432. The fourth-order valence-electron chi connectivity index (χ4n) is 3.11. The molecule has 2 amide bonds. The lowest BCUT2D eigenvalue weighted by Gasteiger charge is -2.20. The van der Waals surface area contributed by atoms with Gasteiger partial charge in [-0.3, -0.25) is 9.59 Å². The fourth-order valence-corrected chi connectivity index (χ4v) is 3.11. The normalized spacial score (nSPS) is 10.8. The quantitative estimate of drug-likeness (QED) is 0.619. The number of hydrogen-bond acceptors (Lipinski definition) is 3. The standard InChI is InChI=1S/C22H23FN2O3/c1-3-13-25(14-4-2)22(27)20-19(17-7-5-6-8-18(17)28-20)24-21(26)15-9-11-16(23)12-10-15/h5-12H,3-4,13-14H2,1-2H3,(H,24,26). The van der Waals surface area contributed by atoms with Crippen molar-refractivity contribution in [1.29, 1.82) is 0 Å². The maximum absolute atomic E-state index is 13.1. The molecule has 0 saturated heterocycles. The summed E-state index contributed by atoms with van der Waals surface area (Å²) in [6.45, 7) is 5.22. The molecule has 6 heteroatoms. The Labute approximate surface area is 163 Å². The van der Waals surface area contributed by atoms with Gasteiger partial charge >= 0.3 is 0 Å². The van der Waals surface area contributed by atoms with Gasteiger partial charge in [0.05, 0.1) is 0 Å². The number of nitrogens with zero attached hydrogens (tertiary/aromatic N) is 1. The first kappa shape index (κ1) is 19.6. The number of para-hydroxylation sites is 1. The molecule has 1 aromatic heterocycles. The Morgan fingerprint density at radius 1 is 1.00 bits per heavy atom. The first-order valence-corrected chi connectivity index (χ1v) is 9.42. The number of hydrogen-bond donors (Lipinski definition) is 1. The third-order valence-corrected chi connectivity index (χ3v) is 4.41. The van der Waals surface area contributed by atoms with E-state index in [0.29, 0.717) is 35.3 Å². The summed E-state index contributed by atoms with van der Waals surface area (Å²) in [6, 6.07) is 12.4. The molecule has 0 radical (unpaired) electrons. The fraction of sp³-hybridized carbons (Fsp3) is 0.273. The van der Waals surface area contributed by atoms with Crippen molar-refractivity contribution in [3.05, 3.63) is 65.7 Å². The molecule has 0 aliphatic carbocycles. The summed E-state index contributed by atoms with van der Waals surface area (Å²) in [6.07, 6.45) is 1.65. The Balaban J connectivity index is 2.00. The van der Waals surface area contributed by atoms with Crippen molar-refractivity contribution >= 4 is 28.5 Å². The number of rotatable bonds is 7. The van der Waals surface area contributed by atoms with Crippen molar-refractivity contribution in [3.8, 4) is 0 Å². The van der Waals surface area contributed by atoms with Crippen LogP contribution in [0.2, 0.25) is 0 Å². The van der Waals surface area contributed by atoms with Crippen LogP contribution in [-0.4, -0.2) is 29.8 Å². The summed E-state index contributed by atoms with van der Waals surface area (Å²) >= 11 is 0. The van der Waals surface area contributed by atoms with Gasteiger partial charge in [-0.1, -0.05) is 26.0 Å². The summed E-state index contributed by atoms with van der Waals surface area (Å²) in [5.41, 5.74) is 1.16. The lowest BCUT2D eigenvalue weighted by Crippen LogP contribution is -2.32. The van der Waals surface area contributed by atoms with Gasteiger partial charge in [0.1, 0.15) is 17.1 Å². The molecule has 0 saturated carbocycles. The molecule has 1 heterocycles. The van der Waals surface area contributed by atoms with Gasteiger partial charge in [-0.05, 0) is 49.2 Å². The van der Waals surface area contributed by atoms with Gasteiger partial charge in [-0.15, -0.1) is 0 Å². The van der Waals surface area contributed by atoms with E-state index in [1.165, 1.54) is 24.3 Å². The molecule has 0 fully saturated rings. The monoisotopic (exact) mass is 382 g/mol. The summed E-state index contributed by atoms with van der Waals surface area (Å²) < 4.78 is 19.0. The molecular weight excluding hydrogens is 359 g/mol. The molecular formula is C22H23FN2O3. The van der Waals surface area contributed by atoms with Crippen LogP contribution in [0.5, 0.6) is 0 Å². The number of furan rings is 1. The SMILES string of the molecule is CCCN(CCC)C(=O)c1oc2ccccc2c1NC(=O)c1ccc(F)cc1. The van der Waals surface area contributed by atoms with Gasteiger partial charge in [0.2, 0.25) is 5.76 Å². The second-order valence-corrected chi connectivity index (χ2v) is 6.56. The zero-order chi connectivity index (χ0) is 20.1. The number of halogens is 1. The molecule has 3 aromatic rings. The van der Waals surface area contributed by atoms with Crippen LogP contribution >= 0.6 is 0 Å². The molecule has 3 rings (SSSR count). The summed E-state index contributed by atoms with van der Waals surface area (Å²) in [5, 5.41) is 3.43. The molecule has 5 nitrogen and oxygen atoms in total. The second kappa shape index (κ2) is 8.69. The molecule has 0 aliphatic rings. The first-order chi connectivity index (χ1) is 13.5. The molecule has 0 spiro atoms. The van der Waals surface area contributed by atoms with Gasteiger partial charge in [0, 0.05) is 24.0 Å². The van der Waals surface area contributed by atoms with E-state index in [0.717, 1.165) is 12.8 Å². The number of benzene rings is 2. The Kier molecular flexibility index (Phi) is 6.09. The Bertz CT molecular complexity index is 973. The van der Waals surface area contributed by atoms with Crippen molar-refractivity contribution in [3.63, 3.8) is 0 Å². The predicted octanol–water partition coefficient (Wildman–Crippen LogP) is 5.09. The number of anilines is 1. The van der Waals surface area contributed by atoms with E-state index in [9.17, 15) is 14.0 Å². The highest BCUT2D eigenvalue weighted by Crippen LogP contribution is 2.32. The summed E-state index contributed by atoms with van der Waals surface area (Å²) in [7, 11) is 0. The number of fused-ring (bicyclic) bond motifs is 1. The third-order valence-electron chi connectivity index (χ3n) is 4.41. The average Bonchev–Trinajstić information content (AvgIpc) is 3.06. The van der Waals surface area contributed by atoms with Gasteiger partial charge in [-0.25, -0.2) is 4.39 Å². The minimum absolute atomic E-state index is 0.110. The highest BCUT2D eigenvalue weighted by Gasteiger charge is 2.26. The predicted molar refractivity (Wildman–Crippen MR) is 107 cm³/mol. The molecule has 2 aromatic carbocycles. The summed E-state index contributed by atoms with van der Waals surface area (Å²) in [4.78, 5) is 27.5. The van der Waals surface area contributed by atoms with Crippen LogP contribution in [0.4, 0.5) is 10.1 Å². The third kappa shape index (κ3) is 4.06. The van der Waals surface area contributed by atoms with Crippen molar-refractivity contribution in [2.24, 2.45) is 0 Å². The molecule has 0 bridgehead atoms. The van der Waals surface area contributed by atoms with E-state index in [4.69, 9.17) is 4.42 Å². The zero-order valence-corrected chi connectivity index (χ0v) is 16.0. The Morgan fingerprint density at radius 2 is 1.64 bits per heavy atom. The van der Waals surface area contributed by atoms with E-state index in [2.05, 4.69) is 5.32 Å². The topological polar surface area (TPSA) is 62.6 Å². The highest BCUT2D eigenvalue weighted by atomic mass is 19.1. The smallest absolute Gasteiger partial charge is 0.291 e. The van der Waals surface area contributed by atoms with Crippen molar-refractivity contribution < 1.29 is 18.4 Å².